The SMILES string of the molecule is Cl.N[C@H](CS)CCCCOc1ccc(Br)cc1. The summed E-state index contributed by atoms with van der Waals surface area (Å²) in [5.41, 5.74) is 5.76. The normalized spacial score (nSPS) is 11.7. The van der Waals surface area contributed by atoms with Gasteiger partial charge in [0.05, 0.1) is 6.61 Å². The van der Waals surface area contributed by atoms with Gasteiger partial charge in [-0.2, -0.15) is 12.6 Å². The predicted molar refractivity (Wildman–Crippen MR) is 82.6 cm³/mol. The summed E-state index contributed by atoms with van der Waals surface area (Å²) in [4.78, 5) is 0. The average Bonchev–Trinajstić information content (AvgIpc) is 2.31. The minimum atomic E-state index is 0. The summed E-state index contributed by atoms with van der Waals surface area (Å²) >= 11 is 7.53. The van der Waals surface area contributed by atoms with Gasteiger partial charge in [-0.1, -0.05) is 15.9 Å². The second kappa shape index (κ2) is 10.1. The van der Waals surface area contributed by atoms with Crippen LogP contribution < -0.4 is 10.5 Å². The van der Waals surface area contributed by atoms with Crippen LogP contribution in [-0.4, -0.2) is 18.4 Å². The summed E-state index contributed by atoms with van der Waals surface area (Å²) in [6, 6.07) is 8.10. The summed E-state index contributed by atoms with van der Waals surface area (Å²) in [7, 11) is 0. The van der Waals surface area contributed by atoms with E-state index in [1.807, 2.05) is 24.3 Å². The van der Waals surface area contributed by atoms with Crippen LogP contribution in [0.4, 0.5) is 0 Å². The number of halogens is 2. The average molecular weight is 341 g/mol. The molecule has 1 aromatic rings. The van der Waals surface area contributed by atoms with Crippen LogP contribution in [0, 0.1) is 0 Å². The van der Waals surface area contributed by atoms with Gasteiger partial charge < -0.3 is 10.5 Å². The van der Waals surface area contributed by atoms with Crippen molar-refractivity contribution in [2.75, 3.05) is 12.4 Å². The second-order valence-electron chi connectivity index (χ2n) is 3.74. The number of hydrogen-bond acceptors (Lipinski definition) is 3. The van der Waals surface area contributed by atoms with E-state index in [4.69, 9.17) is 10.5 Å². The molecule has 0 saturated heterocycles. The van der Waals surface area contributed by atoms with Gasteiger partial charge in [0, 0.05) is 16.3 Å². The van der Waals surface area contributed by atoms with Gasteiger partial charge in [-0.15, -0.1) is 12.4 Å². The minimum Gasteiger partial charge on any atom is -0.494 e. The van der Waals surface area contributed by atoms with Crippen molar-refractivity contribution in [1.29, 1.82) is 0 Å². The van der Waals surface area contributed by atoms with E-state index in [0.29, 0.717) is 0 Å². The first-order valence-electron chi connectivity index (χ1n) is 5.47. The Morgan fingerprint density at radius 1 is 1.24 bits per heavy atom. The Bertz CT molecular complexity index is 297. The molecule has 98 valence electrons. The van der Waals surface area contributed by atoms with E-state index in [9.17, 15) is 0 Å². The van der Waals surface area contributed by atoms with E-state index >= 15 is 0 Å². The highest BCUT2D eigenvalue weighted by Gasteiger charge is 1.99. The molecule has 2 N–H and O–H groups in total. The Morgan fingerprint density at radius 3 is 2.47 bits per heavy atom. The van der Waals surface area contributed by atoms with E-state index in [0.717, 1.165) is 41.8 Å². The van der Waals surface area contributed by atoms with Gasteiger partial charge in [-0.25, -0.2) is 0 Å². The van der Waals surface area contributed by atoms with Gasteiger partial charge in [0.2, 0.25) is 0 Å². The molecule has 0 aliphatic carbocycles. The van der Waals surface area contributed by atoms with Crippen LogP contribution in [0.1, 0.15) is 19.3 Å². The van der Waals surface area contributed by atoms with Gasteiger partial charge in [0.1, 0.15) is 5.75 Å². The number of ether oxygens (including phenoxy) is 1. The van der Waals surface area contributed by atoms with Crippen molar-refractivity contribution in [3.63, 3.8) is 0 Å². The zero-order chi connectivity index (χ0) is 11.8. The standard InChI is InChI=1S/C12H18BrNOS.ClH/c13-10-4-6-12(7-5-10)15-8-2-1-3-11(14)9-16;/h4-7,11,16H,1-3,8-9,14H2;1H/t11-;/m0./s1. The van der Waals surface area contributed by atoms with Gasteiger partial charge >= 0.3 is 0 Å². The van der Waals surface area contributed by atoms with E-state index in [2.05, 4.69) is 28.6 Å². The number of benzene rings is 1. The number of unbranched alkanes of at least 4 members (excludes halogenated alkanes) is 1. The second-order valence-corrected chi connectivity index (χ2v) is 5.02. The molecule has 0 aromatic heterocycles. The van der Waals surface area contributed by atoms with E-state index < -0.39 is 0 Å². The summed E-state index contributed by atoms with van der Waals surface area (Å²) in [5.74, 6) is 1.68. The zero-order valence-corrected chi connectivity index (χ0v) is 12.9. The molecule has 0 spiro atoms. The number of hydrogen-bond donors (Lipinski definition) is 2. The molecule has 2 nitrogen and oxygen atoms in total. The number of rotatable bonds is 7. The van der Waals surface area contributed by atoms with Crippen molar-refractivity contribution >= 4 is 41.0 Å². The lowest BCUT2D eigenvalue weighted by Crippen LogP contribution is -2.21. The van der Waals surface area contributed by atoms with Gasteiger partial charge in [-0.3, -0.25) is 0 Å². The summed E-state index contributed by atoms with van der Waals surface area (Å²) in [5, 5.41) is 0. The molecule has 0 fully saturated rings. The third-order valence-electron chi connectivity index (χ3n) is 2.29. The Balaban J connectivity index is 0.00000256. The molecule has 17 heavy (non-hydrogen) atoms. The summed E-state index contributed by atoms with van der Waals surface area (Å²) in [6.07, 6.45) is 3.16. The predicted octanol–water partition coefficient (Wildman–Crippen LogP) is 3.68. The van der Waals surface area contributed by atoms with Crippen LogP contribution in [-0.2, 0) is 0 Å². The van der Waals surface area contributed by atoms with Crippen LogP contribution in [0.2, 0.25) is 0 Å². The van der Waals surface area contributed by atoms with E-state index in [1.54, 1.807) is 0 Å². The van der Waals surface area contributed by atoms with Gasteiger partial charge in [0.15, 0.2) is 0 Å². The monoisotopic (exact) mass is 339 g/mol. The molecule has 1 rings (SSSR count). The molecule has 0 aliphatic rings. The number of thiol groups is 1. The third-order valence-corrected chi connectivity index (χ3v) is 3.28. The minimum absolute atomic E-state index is 0. The first-order valence-corrected chi connectivity index (χ1v) is 6.89. The van der Waals surface area contributed by atoms with Crippen LogP contribution in [0.5, 0.6) is 5.75 Å². The van der Waals surface area contributed by atoms with Crippen LogP contribution in [0.25, 0.3) is 0 Å². The molecule has 0 heterocycles. The molecule has 0 saturated carbocycles. The van der Waals surface area contributed by atoms with Crippen molar-refractivity contribution in [3.8, 4) is 5.75 Å². The highest BCUT2D eigenvalue weighted by atomic mass is 79.9. The maximum Gasteiger partial charge on any atom is 0.119 e. The van der Waals surface area contributed by atoms with E-state index in [-0.39, 0.29) is 18.4 Å². The molecule has 1 aromatic carbocycles. The maximum atomic E-state index is 5.76. The quantitative estimate of drug-likeness (QED) is 0.586. The van der Waals surface area contributed by atoms with Gasteiger partial charge in [0.25, 0.3) is 0 Å². The lowest BCUT2D eigenvalue weighted by atomic mass is 10.1. The Hall–Kier alpha value is 0.1000. The first-order chi connectivity index (χ1) is 7.72. The van der Waals surface area contributed by atoms with Crippen LogP contribution >= 0.6 is 41.0 Å². The molecule has 5 heteroatoms. The lowest BCUT2D eigenvalue weighted by Gasteiger charge is -2.08. The van der Waals surface area contributed by atoms with Crippen molar-refractivity contribution < 1.29 is 4.74 Å². The van der Waals surface area contributed by atoms with Crippen LogP contribution in [0.15, 0.2) is 28.7 Å². The van der Waals surface area contributed by atoms with Crippen molar-refractivity contribution in [2.24, 2.45) is 5.73 Å². The molecule has 0 bridgehead atoms. The topological polar surface area (TPSA) is 35.2 Å². The Morgan fingerprint density at radius 2 is 1.88 bits per heavy atom. The summed E-state index contributed by atoms with van der Waals surface area (Å²) in [6.45, 7) is 0.751. The van der Waals surface area contributed by atoms with Crippen molar-refractivity contribution in [2.45, 2.75) is 25.3 Å². The van der Waals surface area contributed by atoms with E-state index in [1.165, 1.54) is 0 Å². The molecule has 0 aliphatic heterocycles. The fraction of sp³-hybridized carbons (Fsp3) is 0.500. The third kappa shape index (κ3) is 7.92. The molecule has 0 unspecified atom stereocenters. The first kappa shape index (κ1) is 17.1. The Kier molecular flexibility index (Phi) is 10.1. The highest BCUT2D eigenvalue weighted by molar-refractivity contribution is 9.10. The number of nitrogens with two attached hydrogens (primary N) is 1. The maximum absolute atomic E-state index is 5.76. The molecular formula is C12H19BrClNOS. The lowest BCUT2D eigenvalue weighted by molar-refractivity contribution is 0.304. The Labute approximate surface area is 123 Å². The molecule has 1 atom stereocenters. The smallest absolute Gasteiger partial charge is 0.119 e. The van der Waals surface area contributed by atoms with Crippen molar-refractivity contribution in [3.05, 3.63) is 28.7 Å². The van der Waals surface area contributed by atoms with Crippen molar-refractivity contribution in [1.82, 2.24) is 0 Å². The fourth-order valence-corrected chi connectivity index (χ4v) is 1.77. The zero-order valence-electron chi connectivity index (χ0n) is 9.64. The summed E-state index contributed by atoms with van der Waals surface area (Å²) < 4.78 is 6.66. The van der Waals surface area contributed by atoms with Crippen LogP contribution in [0.3, 0.4) is 0 Å². The fourth-order valence-electron chi connectivity index (χ4n) is 1.32. The molecule has 0 amide bonds. The highest BCUT2D eigenvalue weighted by Crippen LogP contribution is 2.16. The molecule has 0 radical (unpaired) electrons. The molecular weight excluding hydrogens is 322 g/mol. The largest absolute Gasteiger partial charge is 0.494 e. The van der Waals surface area contributed by atoms with Gasteiger partial charge in [-0.05, 0) is 43.5 Å².